The Kier molecular flexibility index (Phi) is 6.10. The van der Waals surface area contributed by atoms with Crippen molar-refractivity contribution in [3.05, 3.63) is 78.1 Å². The van der Waals surface area contributed by atoms with Gasteiger partial charge in [0.2, 0.25) is 0 Å². The van der Waals surface area contributed by atoms with E-state index in [1.54, 1.807) is 6.20 Å². The first-order valence-corrected chi connectivity index (χ1v) is 9.05. The molecule has 3 aromatic rings. The molecule has 2 amide bonds. The zero-order valence-corrected chi connectivity index (χ0v) is 15.7. The van der Waals surface area contributed by atoms with Crippen molar-refractivity contribution < 1.29 is 4.79 Å². The van der Waals surface area contributed by atoms with E-state index in [0.717, 1.165) is 30.0 Å². The van der Waals surface area contributed by atoms with E-state index >= 15 is 0 Å². The molecule has 140 valence electrons. The van der Waals surface area contributed by atoms with Crippen LogP contribution in [0.4, 0.5) is 16.2 Å². The molecule has 0 radical (unpaired) electrons. The number of rotatable bonds is 7. The average molecular weight is 363 g/mol. The van der Waals surface area contributed by atoms with Crippen LogP contribution in [0.3, 0.4) is 0 Å². The Bertz CT molecular complexity index is 859. The monoisotopic (exact) mass is 363 g/mol. The number of nitrogens with one attached hydrogen (secondary N) is 2. The summed E-state index contributed by atoms with van der Waals surface area (Å²) in [7, 11) is 2.02. The second kappa shape index (κ2) is 8.89. The molecule has 0 aliphatic heterocycles. The smallest absolute Gasteiger partial charge is 0.319 e. The standard InChI is InChI=1S/C21H25N5O/c1-3-25(2)20-7-4-6-19(14-20)24-21(27)22-15-17-8-10-18(11-9-17)16-26-13-5-12-23-26/h4-14H,3,15-16H2,1-2H3,(H2,22,24,27). The van der Waals surface area contributed by atoms with Gasteiger partial charge >= 0.3 is 6.03 Å². The van der Waals surface area contributed by atoms with Gasteiger partial charge in [0.1, 0.15) is 0 Å². The highest BCUT2D eigenvalue weighted by atomic mass is 16.2. The van der Waals surface area contributed by atoms with Gasteiger partial charge in [-0.3, -0.25) is 4.68 Å². The molecule has 0 fully saturated rings. The van der Waals surface area contributed by atoms with Crippen LogP contribution in [0.15, 0.2) is 67.0 Å². The van der Waals surface area contributed by atoms with E-state index < -0.39 is 0 Å². The summed E-state index contributed by atoms with van der Waals surface area (Å²) in [6.07, 6.45) is 3.71. The highest BCUT2D eigenvalue weighted by Crippen LogP contribution is 2.18. The van der Waals surface area contributed by atoms with Gasteiger partial charge in [-0.2, -0.15) is 5.10 Å². The van der Waals surface area contributed by atoms with E-state index in [2.05, 4.69) is 39.7 Å². The average Bonchev–Trinajstić information content (AvgIpc) is 3.20. The van der Waals surface area contributed by atoms with Crippen molar-refractivity contribution in [3.8, 4) is 0 Å². The molecule has 0 aliphatic rings. The SMILES string of the molecule is CCN(C)c1cccc(NC(=O)NCc2ccc(Cn3cccn3)cc2)c1. The summed E-state index contributed by atoms with van der Waals surface area (Å²) >= 11 is 0. The number of benzene rings is 2. The van der Waals surface area contributed by atoms with Gasteiger partial charge in [0.05, 0.1) is 6.54 Å². The van der Waals surface area contributed by atoms with Crippen LogP contribution in [0.5, 0.6) is 0 Å². The van der Waals surface area contributed by atoms with Crippen molar-refractivity contribution in [1.29, 1.82) is 0 Å². The predicted octanol–water partition coefficient (Wildman–Crippen LogP) is 3.71. The number of amides is 2. The van der Waals surface area contributed by atoms with Gasteiger partial charge in [0, 0.05) is 43.9 Å². The van der Waals surface area contributed by atoms with Crippen molar-refractivity contribution in [2.45, 2.75) is 20.0 Å². The topological polar surface area (TPSA) is 62.2 Å². The fraction of sp³-hybridized carbons (Fsp3) is 0.238. The van der Waals surface area contributed by atoms with Crippen molar-refractivity contribution in [1.82, 2.24) is 15.1 Å². The number of urea groups is 1. The van der Waals surface area contributed by atoms with Gasteiger partial charge in [-0.1, -0.05) is 30.3 Å². The molecule has 0 atom stereocenters. The van der Waals surface area contributed by atoms with E-state index in [1.807, 2.05) is 60.4 Å². The maximum Gasteiger partial charge on any atom is 0.319 e. The molecule has 1 heterocycles. The number of hydrogen-bond donors (Lipinski definition) is 2. The van der Waals surface area contributed by atoms with Gasteiger partial charge < -0.3 is 15.5 Å². The van der Waals surface area contributed by atoms with Crippen LogP contribution in [-0.2, 0) is 13.1 Å². The molecule has 0 unspecified atom stereocenters. The van der Waals surface area contributed by atoms with Crippen molar-refractivity contribution in [2.75, 3.05) is 23.8 Å². The normalized spacial score (nSPS) is 10.4. The van der Waals surface area contributed by atoms with E-state index in [9.17, 15) is 4.79 Å². The zero-order valence-electron chi connectivity index (χ0n) is 15.7. The molecule has 2 aromatic carbocycles. The Morgan fingerprint density at radius 2 is 1.89 bits per heavy atom. The summed E-state index contributed by atoms with van der Waals surface area (Å²) in [6.45, 7) is 4.21. The second-order valence-electron chi connectivity index (χ2n) is 6.39. The van der Waals surface area contributed by atoms with Crippen LogP contribution >= 0.6 is 0 Å². The Hall–Kier alpha value is -3.28. The van der Waals surface area contributed by atoms with Gasteiger partial charge in [0.25, 0.3) is 0 Å². The van der Waals surface area contributed by atoms with Crippen LogP contribution in [-0.4, -0.2) is 29.4 Å². The fourth-order valence-corrected chi connectivity index (χ4v) is 2.70. The van der Waals surface area contributed by atoms with Crippen LogP contribution in [0.1, 0.15) is 18.1 Å². The molecule has 0 bridgehead atoms. The van der Waals surface area contributed by atoms with Crippen LogP contribution in [0.2, 0.25) is 0 Å². The second-order valence-corrected chi connectivity index (χ2v) is 6.39. The maximum atomic E-state index is 12.2. The lowest BCUT2D eigenvalue weighted by atomic mass is 10.1. The van der Waals surface area contributed by atoms with Gasteiger partial charge in [-0.15, -0.1) is 0 Å². The first-order chi connectivity index (χ1) is 13.1. The highest BCUT2D eigenvalue weighted by Gasteiger charge is 2.04. The lowest BCUT2D eigenvalue weighted by Gasteiger charge is -2.17. The maximum absolute atomic E-state index is 12.2. The summed E-state index contributed by atoms with van der Waals surface area (Å²) in [5.74, 6) is 0. The zero-order chi connectivity index (χ0) is 19.1. The molecule has 2 N–H and O–H groups in total. The first-order valence-electron chi connectivity index (χ1n) is 9.05. The summed E-state index contributed by atoms with van der Waals surface area (Å²) in [5, 5.41) is 9.98. The minimum atomic E-state index is -0.216. The lowest BCUT2D eigenvalue weighted by Crippen LogP contribution is -2.28. The molecule has 1 aromatic heterocycles. The molecule has 0 spiro atoms. The van der Waals surface area contributed by atoms with E-state index in [0.29, 0.717) is 6.54 Å². The van der Waals surface area contributed by atoms with Crippen LogP contribution < -0.4 is 15.5 Å². The molecule has 27 heavy (non-hydrogen) atoms. The molecular weight excluding hydrogens is 338 g/mol. The number of carbonyl (C=O) groups excluding carboxylic acids is 1. The highest BCUT2D eigenvalue weighted by molar-refractivity contribution is 5.89. The number of carbonyl (C=O) groups is 1. The minimum Gasteiger partial charge on any atom is -0.375 e. The fourth-order valence-electron chi connectivity index (χ4n) is 2.70. The first kappa shape index (κ1) is 18.5. The third-order valence-corrected chi connectivity index (χ3v) is 4.40. The lowest BCUT2D eigenvalue weighted by molar-refractivity contribution is 0.251. The third kappa shape index (κ3) is 5.34. The largest absolute Gasteiger partial charge is 0.375 e. The predicted molar refractivity (Wildman–Crippen MR) is 109 cm³/mol. The van der Waals surface area contributed by atoms with Gasteiger partial charge in [-0.05, 0) is 42.3 Å². The number of aromatic nitrogens is 2. The van der Waals surface area contributed by atoms with Crippen LogP contribution in [0, 0.1) is 0 Å². The number of anilines is 2. The van der Waals surface area contributed by atoms with Gasteiger partial charge in [-0.25, -0.2) is 4.79 Å². The summed E-state index contributed by atoms with van der Waals surface area (Å²) in [5.41, 5.74) is 4.07. The van der Waals surface area contributed by atoms with Gasteiger partial charge in [0.15, 0.2) is 0 Å². The molecule has 0 saturated heterocycles. The molecule has 3 rings (SSSR count). The Labute approximate surface area is 159 Å². The number of hydrogen-bond acceptors (Lipinski definition) is 3. The molecule has 6 heteroatoms. The summed E-state index contributed by atoms with van der Waals surface area (Å²) < 4.78 is 1.88. The van der Waals surface area contributed by atoms with E-state index in [-0.39, 0.29) is 6.03 Å². The summed E-state index contributed by atoms with van der Waals surface area (Å²) in [4.78, 5) is 14.3. The molecule has 6 nitrogen and oxygen atoms in total. The minimum absolute atomic E-state index is 0.216. The summed E-state index contributed by atoms with van der Waals surface area (Å²) in [6, 6.07) is 17.7. The van der Waals surface area contributed by atoms with Crippen LogP contribution in [0.25, 0.3) is 0 Å². The molecule has 0 aliphatic carbocycles. The number of nitrogens with zero attached hydrogens (tertiary/aromatic N) is 3. The molecular formula is C21H25N5O. The van der Waals surface area contributed by atoms with E-state index in [4.69, 9.17) is 0 Å². The van der Waals surface area contributed by atoms with Crippen molar-refractivity contribution in [2.24, 2.45) is 0 Å². The third-order valence-electron chi connectivity index (χ3n) is 4.40. The Morgan fingerprint density at radius 3 is 2.59 bits per heavy atom. The molecule has 0 saturated carbocycles. The van der Waals surface area contributed by atoms with Crippen molar-refractivity contribution >= 4 is 17.4 Å². The Morgan fingerprint density at radius 1 is 1.11 bits per heavy atom. The van der Waals surface area contributed by atoms with Crippen molar-refractivity contribution in [3.63, 3.8) is 0 Å². The van der Waals surface area contributed by atoms with E-state index in [1.165, 1.54) is 5.56 Å². The quantitative estimate of drug-likeness (QED) is 0.673. The Balaban J connectivity index is 1.50.